The maximum atomic E-state index is 12.8. The molecular weight excluding hydrogens is 372 g/mol. The molecule has 0 saturated carbocycles. The van der Waals surface area contributed by atoms with Crippen LogP contribution in [0.1, 0.15) is 35.3 Å². The summed E-state index contributed by atoms with van der Waals surface area (Å²) in [5, 5.41) is -0.476. The topological polar surface area (TPSA) is 57.7 Å². The minimum atomic E-state index is -3.32. The van der Waals surface area contributed by atoms with Crippen molar-refractivity contribution in [3.63, 3.8) is 0 Å². The predicted octanol–water partition coefficient (Wildman–Crippen LogP) is 3.14. The first-order valence-electron chi connectivity index (χ1n) is 9.69. The zero-order valence-electron chi connectivity index (χ0n) is 16.8. The van der Waals surface area contributed by atoms with E-state index in [9.17, 15) is 13.2 Å². The average Bonchev–Trinajstić information content (AvgIpc) is 2.70. The first-order chi connectivity index (χ1) is 13.3. The smallest absolute Gasteiger partial charge is 0.253 e. The standard InChI is InChI=1S/C22H28N2O3S/c1-17(2)28(26,27)21-10-8-19(9-11-21)22(25)24-14-12-23(13-15-24)16-20-7-5-4-6-18(20)3/h4-11,17H,12-16H2,1-3H3. The van der Waals surface area contributed by atoms with E-state index in [0.29, 0.717) is 18.7 Å². The lowest BCUT2D eigenvalue weighted by atomic mass is 10.1. The number of carbonyl (C=O) groups excluding carboxylic acids is 1. The van der Waals surface area contributed by atoms with Crippen LogP contribution in [0.15, 0.2) is 53.4 Å². The van der Waals surface area contributed by atoms with Crippen molar-refractivity contribution in [1.29, 1.82) is 0 Å². The van der Waals surface area contributed by atoms with Gasteiger partial charge < -0.3 is 4.90 Å². The fraction of sp³-hybridized carbons (Fsp3) is 0.409. The molecule has 0 radical (unpaired) electrons. The molecule has 28 heavy (non-hydrogen) atoms. The highest BCUT2D eigenvalue weighted by Crippen LogP contribution is 2.18. The second-order valence-electron chi connectivity index (χ2n) is 7.61. The van der Waals surface area contributed by atoms with Crippen molar-refractivity contribution in [1.82, 2.24) is 9.80 Å². The normalized spacial score (nSPS) is 15.8. The summed E-state index contributed by atoms with van der Waals surface area (Å²) in [5.74, 6) is -0.0379. The molecule has 1 aliphatic heterocycles. The van der Waals surface area contributed by atoms with E-state index in [4.69, 9.17) is 0 Å². The van der Waals surface area contributed by atoms with Crippen LogP contribution in [0, 0.1) is 6.92 Å². The van der Waals surface area contributed by atoms with Crippen molar-refractivity contribution in [3.8, 4) is 0 Å². The number of nitrogens with zero attached hydrogens (tertiary/aromatic N) is 2. The summed E-state index contributed by atoms with van der Waals surface area (Å²) in [6.07, 6.45) is 0. The second-order valence-corrected chi connectivity index (χ2v) is 10.1. The Morgan fingerprint density at radius 1 is 0.964 bits per heavy atom. The van der Waals surface area contributed by atoms with E-state index in [2.05, 4.69) is 30.0 Å². The van der Waals surface area contributed by atoms with E-state index in [0.717, 1.165) is 19.6 Å². The summed E-state index contributed by atoms with van der Waals surface area (Å²) < 4.78 is 24.4. The van der Waals surface area contributed by atoms with Gasteiger partial charge in [-0.15, -0.1) is 0 Å². The predicted molar refractivity (Wildman–Crippen MR) is 111 cm³/mol. The molecule has 2 aromatic carbocycles. The van der Waals surface area contributed by atoms with Gasteiger partial charge in [0.25, 0.3) is 5.91 Å². The SMILES string of the molecule is Cc1ccccc1CN1CCN(C(=O)c2ccc(S(=O)(=O)C(C)C)cc2)CC1. The molecule has 5 nitrogen and oxygen atoms in total. The summed E-state index contributed by atoms with van der Waals surface area (Å²) in [4.78, 5) is 17.3. The van der Waals surface area contributed by atoms with Crippen LogP contribution >= 0.6 is 0 Å². The molecule has 3 rings (SSSR count). The Morgan fingerprint density at radius 2 is 1.57 bits per heavy atom. The average molecular weight is 401 g/mol. The van der Waals surface area contributed by atoms with E-state index in [1.807, 2.05) is 11.0 Å². The fourth-order valence-electron chi connectivity index (χ4n) is 3.38. The van der Waals surface area contributed by atoms with Crippen molar-refractivity contribution in [2.24, 2.45) is 0 Å². The number of hydrogen-bond donors (Lipinski definition) is 0. The number of piperazine rings is 1. The monoisotopic (exact) mass is 400 g/mol. The van der Waals surface area contributed by atoms with Crippen LogP contribution in [0.3, 0.4) is 0 Å². The molecular formula is C22H28N2O3S. The van der Waals surface area contributed by atoms with Gasteiger partial charge in [0.1, 0.15) is 0 Å². The lowest BCUT2D eigenvalue weighted by Gasteiger charge is -2.35. The van der Waals surface area contributed by atoms with Crippen LogP contribution in [-0.2, 0) is 16.4 Å². The molecule has 1 amide bonds. The van der Waals surface area contributed by atoms with Gasteiger partial charge in [0, 0.05) is 38.3 Å². The summed E-state index contributed by atoms with van der Waals surface area (Å²) in [6, 6.07) is 14.7. The Morgan fingerprint density at radius 3 is 2.14 bits per heavy atom. The molecule has 150 valence electrons. The Labute approximate surface area is 167 Å². The number of benzene rings is 2. The summed E-state index contributed by atoms with van der Waals surface area (Å²) >= 11 is 0. The number of hydrogen-bond acceptors (Lipinski definition) is 4. The zero-order valence-corrected chi connectivity index (χ0v) is 17.6. The van der Waals surface area contributed by atoms with E-state index in [1.165, 1.54) is 23.3 Å². The Bertz CT molecular complexity index is 929. The van der Waals surface area contributed by atoms with Crippen LogP contribution in [0.2, 0.25) is 0 Å². The van der Waals surface area contributed by atoms with E-state index in [-0.39, 0.29) is 10.8 Å². The van der Waals surface area contributed by atoms with Gasteiger partial charge in [0.05, 0.1) is 10.1 Å². The van der Waals surface area contributed by atoms with Crippen LogP contribution < -0.4 is 0 Å². The van der Waals surface area contributed by atoms with Crippen molar-refractivity contribution in [2.45, 2.75) is 37.5 Å². The van der Waals surface area contributed by atoms with E-state index < -0.39 is 15.1 Å². The quantitative estimate of drug-likeness (QED) is 0.774. The van der Waals surface area contributed by atoms with Crippen molar-refractivity contribution in [3.05, 3.63) is 65.2 Å². The third-order valence-electron chi connectivity index (χ3n) is 5.37. The molecule has 0 bridgehead atoms. The van der Waals surface area contributed by atoms with Crippen molar-refractivity contribution in [2.75, 3.05) is 26.2 Å². The third kappa shape index (κ3) is 4.45. The largest absolute Gasteiger partial charge is 0.336 e. The molecule has 1 heterocycles. The second kappa shape index (κ2) is 8.45. The van der Waals surface area contributed by atoms with Gasteiger partial charge in [-0.1, -0.05) is 24.3 Å². The van der Waals surface area contributed by atoms with E-state index >= 15 is 0 Å². The molecule has 0 N–H and O–H groups in total. The highest BCUT2D eigenvalue weighted by atomic mass is 32.2. The molecule has 0 aliphatic carbocycles. The van der Waals surface area contributed by atoms with Crippen LogP contribution in [-0.4, -0.2) is 55.6 Å². The number of sulfone groups is 1. The lowest BCUT2D eigenvalue weighted by Crippen LogP contribution is -2.48. The summed E-state index contributed by atoms with van der Waals surface area (Å²) in [7, 11) is -3.32. The molecule has 0 unspecified atom stereocenters. The lowest BCUT2D eigenvalue weighted by molar-refractivity contribution is 0.0628. The zero-order chi connectivity index (χ0) is 20.3. The molecule has 0 atom stereocenters. The molecule has 1 fully saturated rings. The van der Waals surface area contributed by atoms with Gasteiger partial charge >= 0.3 is 0 Å². The van der Waals surface area contributed by atoms with Crippen LogP contribution in [0.25, 0.3) is 0 Å². The molecule has 0 spiro atoms. The van der Waals surface area contributed by atoms with Crippen molar-refractivity contribution < 1.29 is 13.2 Å². The van der Waals surface area contributed by atoms with Gasteiger partial charge in [-0.3, -0.25) is 9.69 Å². The minimum Gasteiger partial charge on any atom is -0.336 e. The maximum Gasteiger partial charge on any atom is 0.253 e. The minimum absolute atomic E-state index is 0.0379. The highest BCUT2D eigenvalue weighted by molar-refractivity contribution is 7.92. The van der Waals surface area contributed by atoms with Gasteiger partial charge in [-0.25, -0.2) is 8.42 Å². The van der Waals surface area contributed by atoms with E-state index in [1.54, 1.807) is 26.0 Å². The van der Waals surface area contributed by atoms with Gasteiger partial charge in [0.2, 0.25) is 0 Å². The first kappa shape index (κ1) is 20.6. The summed E-state index contributed by atoms with van der Waals surface area (Å²) in [5.41, 5.74) is 3.15. The molecule has 2 aromatic rings. The maximum absolute atomic E-state index is 12.8. The number of rotatable bonds is 5. The fourth-order valence-corrected chi connectivity index (χ4v) is 4.44. The Kier molecular flexibility index (Phi) is 6.20. The van der Waals surface area contributed by atoms with Gasteiger partial charge in [0.15, 0.2) is 9.84 Å². The van der Waals surface area contributed by atoms with Gasteiger partial charge in [-0.05, 0) is 56.2 Å². The summed E-state index contributed by atoms with van der Waals surface area (Å²) in [6.45, 7) is 9.36. The Hall–Kier alpha value is -2.18. The first-order valence-corrected chi connectivity index (χ1v) is 11.2. The molecule has 1 saturated heterocycles. The molecule has 1 aliphatic rings. The Balaban J connectivity index is 1.60. The highest BCUT2D eigenvalue weighted by Gasteiger charge is 2.24. The number of amides is 1. The third-order valence-corrected chi connectivity index (χ3v) is 7.54. The van der Waals surface area contributed by atoms with Crippen LogP contribution in [0.5, 0.6) is 0 Å². The number of carbonyl (C=O) groups is 1. The van der Waals surface area contributed by atoms with Crippen molar-refractivity contribution >= 4 is 15.7 Å². The van der Waals surface area contributed by atoms with Crippen LogP contribution in [0.4, 0.5) is 0 Å². The van der Waals surface area contributed by atoms with Gasteiger partial charge in [-0.2, -0.15) is 0 Å². The molecule has 0 aromatic heterocycles. The number of aryl methyl sites for hydroxylation is 1. The molecule has 6 heteroatoms.